The second-order valence-corrected chi connectivity index (χ2v) is 5.19. The summed E-state index contributed by atoms with van der Waals surface area (Å²) in [4.78, 5) is 0. The van der Waals surface area contributed by atoms with E-state index < -0.39 is 0 Å². The predicted molar refractivity (Wildman–Crippen MR) is 79.6 cm³/mol. The number of hydrogen-bond acceptors (Lipinski definition) is 3. The van der Waals surface area contributed by atoms with Crippen LogP contribution in [0.25, 0.3) is 0 Å². The third kappa shape index (κ3) is 7.85. The summed E-state index contributed by atoms with van der Waals surface area (Å²) in [6.07, 6.45) is 2.54. The smallest absolute Gasteiger partial charge is 0.118 e. The van der Waals surface area contributed by atoms with Crippen molar-refractivity contribution < 1.29 is 9.47 Å². The van der Waals surface area contributed by atoms with Crippen LogP contribution in [0.2, 0.25) is 0 Å². The predicted octanol–water partition coefficient (Wildman–Crippen LogP) is 3.24. The van der Waals surface area contributed by atoms with Crippen LogP contribution in [0.5, 0.6) is 5.75 Å². The molecule has 0 unspecified atom stereocenters. The molecule has 3 nitrogen and oxygen atoms in total. The monoisotopic (exact) mass is 265 g/mol. The number of ether oxygens (including phenoxy) is 2. The summed E-state index contributed by atoms with van der Waals surface area (Å²) in [5, 5.41) is 3.40. The number of nitrogens with one attached hydrogen (secondary N) is 1. The fourth-order valence-corrected chi connectivity index (χ4v) is 1.82. The van der Waals surface area contributed by atoms with Crippen molar-refractivity contribution in [2.24, 2.45) is 5.92 Å². The Hall–Kier alpha value is -1.06. The van der Waals surface area contributed by atoms with Crippen LogP contribution in [0.4, 0.5) is 0 Å². The van der Waals surface area contributed by atoms with E-state index in [9.17, 15) is 0 Å². The van der Waals surface area contributed by atoms with Gasteiger partial charge in [0.1, 0.15) is 5.75 Å². The van der Waals surface area contributed by atoms with Gasteiger partial charge in [0, 0.05) is 6.54 Å². The quantitative estimate of drug-likeness (QED) is 0.659. The van der Waals surface area contributed by atoms with Gasteiger partial charge in [0.2, 0.25) is 0 Å². The van der Waals surface area contributed by atoms with E-state index in [1.165, 1.54) is 18.4 Å². The van der Waals surface area contributed by atoms with Crippen molar-refractivity contribution in [1.82, 2.24) is 5.32 Å². The summed E-state index contributed by atoms with van der Waals surface area (Å²) in [5.74, 6) is 1.68. The molecule has 3 heteroatoms. The Balaban J connectivity index is 1.98. The molecule has 0 bridgehead atoms. The lowest BCUT2D eigenvalue weighted by molar-refractivity contribution is 0.122. The zero-order chi connectivity index (χ0) is 13.9. The maximum absolute atomic E-state index is 5.62. The van der Waals surface area contributed by atoms with Crippen LogP contribution < -0.4 is 10.1 Å². The average molecular weight is 265 g/mol. The molecule has 0 fully saturated rings. The molecule has 0 saturated heterocycles. The van der Waals surface area contributed by atoms with Crippen LogP contribution in [-0.4, -0.2) is 26.8 Å². The lowest BCUT2D eigenvalue weighted by Gasteiger charge is -2.08. The zero-order valence-corrected chi connectivity index (χ0v) is 12.4. The van der Waals surface area contributed by atoms with Crippen LogP contribution in [0, 0.1) is 5.92 Å². The largest absolute Gasteiger partial charge is 0.497 e. The third-order valence-corrected chi connectivity index (χ3v) is 2.99. The molecule has 0 saturated carbocycles. The van der Waals surface area contributed by atoms with E-state index in [0.29, 0.717) is 6.61 Å². The molecular formula is C16H27NO2. The first-order valence-electron chi connectivity index (χ1n) is 7.13. The third-order valence-electron chi connectivity index (χ3n) is 2.99. The van der Waals surface area contributed by atoms with Gasteiger partial charge in [0.05, 0.1) is 20.3 Å². The van der Waals surface area contributed by atoms with Gasteiger partial charge in [-0.25, -0.2) is 0 Å². The van der Waals surface area contributed by atoms with Crippen LogP contribution >= 0.6 is 0 Å². The fraction of sp³-hybridized carbons (Fsp3) is 0.625. The van der Waals surface area contributed by atoms with E-state index in [1.807, 2.05) is 24.3 Å². The van der Waals surface area contributed by atoms with Gasteiger partial charge in [-0.1, -0.05) is 26.0 Å². The first-order valence-corrected chi connectivity index (χ1v) is 7.13. The van der Waals surface area contributed by atoms with Gasteiger partial charge in [-0.3, -0.25) is 0 Å². The number of rotatable bonds is 10. The fourth-order valence-electron chi connectivity index (χ4n) is 1.82. The SMILES string of the molecule is COc1ccc(COCCNCCCC(C)C)cc1. The van der Waals surface area contributed by atoms with Crippen molar-refractivity contribution in [3.63, 3.8) is 0 Å². The highest BCUT2D eigenvalue weighted by Crippen LogP contribution is 2.11. The van der Waals surface area contributed by atoms with Crippen molar-refractivity contribution >= 4 is 0 Å². The molecule has 0 aliphatic carbocycles. The Bertz CT molecular complexity index is 322. The molecule has 19 heavy (non-hydrogen) atoms. The van der Waals surface area contributed by atoms with Crippen LogP contribution in [0.15, 0.2) is 24.3 Å². The minimum Gasteiger partial charge on any atom is -0.497 e. The van der Waals surface area contributed by atoms with Gasteiger partial charge >= 0.3 is 0 Å². The van der Waals surface area contributed by atoms with Crippen molar-refractivity contribution in [3.8, 4) is 5.75 Å². The number of methoxy groups -OCH3 is 1. The molecule has 108 valence electrons. The molecule has 1 rings (SSSR count). The second kappa shape index (κ2) is 9.82. The van der Waals surface area contributed by atoms with Crippen LogP contribution in [-0.2, 0) is 11.3 Å². The minimum absolute atomic E-state index is 0.664. The Morgan fingerprint density at radius 3 is 2.47 bits per heavy atom. The Kier molecular flexibility index (Phi) is 8.26. The highest BCUT2D eigenvalue weighted by atomic mass is 16.5. The van der Waals surface area contributed by atoms with Gasteiger partial charge in [-0.2, -0.15) is 0 Å². The standard InChI is InChI=1S/C16H27NO2/c1-14(2)5-4-10-17-11-12-19-13-15-6-8-16(18-3)9-7-15/h6-9,14,17H,4-5,10-13H2,1-3H3. The molecule has 1 aromatic carbocycles. The van der Waals surface area contributed by atoms with Crippen molar-refractivity contribution in [2.75, 3.05) is 26.8 Å². The summed E-state index contributed by atoms with van der Waals surface area (Å²) >= 11 is 0. The zero-order valence-electron chi connectivity index (χ0n) is 12.4. The van der Waals surface area contributed by atoms with Gasteiger partial charge in [-0.05, 0) is 43.0 Å². The lowest BCUT2D eigenvalue weighted by Crippen LogP contribution is -2.21. The molecule has 0 heterocycles. The summed E-state index contributed by atoms with van der Waals surface area (Å²) in [5.41, 5.74) is 1.18. The van der Waals surface area contributed by atoms with Crippen molar-refractivity contribution in [3.05, 3.63) is 29.8 Å². The molecular weight excluding hydrogens is 238 g/mol. The van der Waals surface area contributed by atoms with E-state index >= 15 is 0 Å². The average Bonchev–Trinajstić information content (AvgIpc) is 2.42. The normalized spacial score (nSPS) is 10.9. The van der Waals surface area contributed by atoms with E-state index in [1.54, 1.807) is 7.11 Å². The number of hydrogen-bond donors (Lipinski definition) is 1. The van der Waals surface area contributed by atoms with Gasteiger partial charge in [-0.15, -0.1) is 0 Å². The topological polar surface area (TPSA) is 30.5 Å². The summed E-state index contributed by atoms with van der Waals surface area (Å²) in [6, 6.07) is 8.00. The van der Waals surface area contributed by atoms with Gasteiger partial charge < -0.3 is 14.8 Å². The number of benzene rings is 1. The lowest BCUT2D eigenvalue weighted by atomic mass is 10.1. The van der Waals surface area contributed by atoms with Crippen LogP contribution in [0.3, 0.4) is 0 Å². The molecule has 1 N–H and O–H groups in total. The molecule has 1 aromatic rings. The first-order chi connectivity index (χ1) is 9.22. The molecule has 0 amide bonds. The van der Waals surface area contributed by atoms with E-state index in [2.05, 4.69) is 19.2 Å². The molecule has 0 aliphatic rings. The maximum Gasteiger partial charge on any atom is 0.118 e. The second-order valence-electron chi connectivity index (χ2n) is 5.19. The van der Waals surface area contributed by atoms with E-state index in [4.69, 9.17) is 9.47 Å². The summed E-state index contributed by atoms with van der Waals surface area (Å²) in [7, 11) is 1.68. The van der Waals surface area contributed by atoms with Crippen molar-refractivity contribution in [1.29, 1.82) is 0 Å². The van der Waals surface area contributed by atoms with E-state index in [0.717, 1.165) is 31.4 Å². The first kappa shape index (κ1) is 16.0. The Morgan fingerprint density at radius 2 is 1.84 bits per heavy atom. The molecule has 0 aromatic heterocycles. The molecule has 0 atom stereocenters. The van der Waals surface area contributed by atoms with Gasteiger partial charge in [0.25, 0.3) is 0 Å². The minimum atomic E-state index is 0.664. The highest BCUT2D eigenvalue weighted by molar-refractivity contribution is 5.26. The Morgan fingerprint density at radius 1 is 1.11 bits per heavy atom. The Labute approximate surface area is 117 Å². The highest BCUT2D eigenvalue weighted by Gasteiger charge is 1.96. The van der Waals surface area contributed by atoms with Crippen LogP contribution in [0.1, 0.15) is 32.3 Å². The van der Waals surface area contributed by atoms with E-state index in [-0.39, 0.29) is 0 Å². The summed E-state index contributed by atoms with van der Waals surface area (Å²) in [6.45, 7) is 7.96. The van der Waals surface area contributed by atoms with Crippen molar-refractivity contribution in [2.45, 2.75) is 33.3 Å². The molecule has 0 aliphatic heterocycles. The van der Waals surface area contributed by atoms with Gasteiger partial charge in [0.15, 0.2) is 0 Å². The molecule has 0 radical (unpaired) electrons. The maximum atomic E-state index is 5.62. The summed E-state index contributed by atoms with van der Waals surface area (Å²) < 4.78 is 10.7. The molecule has 0 spiro atoms.